The summed E-state index contributed by atoms with van der Waals surface area (Å²) in [4.78, 5) is 24.6. The molecular weight excluding hydrogens is 552 g/mol. The van der Waals surface area contributed by atoms with E-state index in [9.17, 15) is 14.7 Å². The third-order valence-electron chi connectivity index (χ3n) is 4.21. The predicted octanol–water partition coefficient (Wildman–Crippen LogP) is 6.16. The first kappa shape index (κ1) is 25.3. The molecule has 2 rings (SSSR count). The van der Waals surface area contributed by atoms with Gasteiger partial charge in [-0.05, 0) is 77.8 Å². The number of hydrogen-bond acceptors (Lipinski definition) is 6. The van der Waals surface area contributed by atoms with E-state index in [1.165, 1.54) is 11.6 Å². The lowest BCUT2D eigenvalue weighted by Crippen LogP contribution is -2.18. The number of hydroxylamine groups is 1. The number of carbonyl (C=O) groups excluding carboxylic acids is 2. The van der Waals surface area contributed by atoms with Gasteiger partial charge in [-0.25, -0.2) is 10.3 Å². The molecule has 0 aliphatic rings. The topological polar surface area (TPSA) is 108 Å². The van der Waals surface area contributed by atoms with Gasteiger partial charge in [0, 0.05) is 26.7 Å². The van der Waals surface area contributed by atoms with E-state index in [-0.39, 0.29) is 5.75 Å². The average Bonchev–Trinajstić information content (AvgIpc) is 2.75. The first-order valence-electron chi connectivity index (χ1n) is 9.24. The molecule has 2 aromatic carbocycles. The van der Waals surface area contributed by atoms with Crippen LogP contribution in [0.2, 0.25) is 0 Å². The Kier molecular flexibility index (Phi) is 10.4. The fourth-order valence-electron chi connectivity index (χ4n) is 2.71. The molecular formula is C21H22Br2N2O5S. The number of phenols is 1. The van der Waals surface area contributed by atoms with Crippen LogP contribution in [0, 0.1) is 0 Å². The van der Waals surface area contributed by atoms with Crippen molar-refractivity contribution in [2.45, 2.75) is 30.3 Å². The summed E-state index contributed by atoms with van der Waals surface area (Å²) in [5, 5.41) is 21.7. The van der Waals surface area contributed by atoms with Gasteiger partial charge in [-0.2, -0.15) is 0 Å². The summed E-state index contributed by atoms with van der Waals surface area (Å²) >= 11 is 8.29. The van der Waals surface area contributed by atoms with Gasteiger partial charge in [-0.3, -0.25) is 15.3 Å². The number of anilines is 1. The Labute approximate surface area is 201 Å². The van der Waals surface area contributed by atoms with Gasteiger partial charge in [0.25, 0.3) is 5.91 Å². The Bertz CT molecular complexity index is 938. The molecule has 0 heterocycles. The number of amides is 2. The standard InChI is InChI=1S/C21H22Br2N2O5S/c1-31-15-9-7-14(8-10-15)24-21(28)30-18(5-3-2-4-6-19(26)25-29)16-11-13(22)12-17(23)20(16)27/h4,6-12,18,27,29H,2-3,5H2,1H3,(H,24,28)(H,25,26)/b6-4+/t18-/m0/s1. The molecule has 7 nitrogen and oxygen atoms in total. The highest BCUT2D eigenvalue weighted by molar-refractivity contribution is 9.11. The lowest BCUT2D eigenvalue weighted by Gasteiger charge is -2.20. The van der Waals surface area contributed by atoms with E-state index in [0.29, 0.717) is 39.5 Å². The van der Waals surface area contributed by atoms with E-state index >= 15 is 0 Å². The maximum atomic E-state index is 12.5. The second-order valence-corrected chi connectivity index (χ2v) is 9.03. The van der Waals surface area contributed by atoms with Crippen LogP contribution in [-0.2, 0) is 9.53 Å². The maximum Gasteiger partial charge on any atom is 0.412 e. The second kappa shape index (κ2) is 12.7. The van der Waals surface area contributed by atoms with Crippen LogP contribution >= 0.6 is 43.6 Å². The molecule has 10 heteroatoms. The minimum atomic E-state index is -0.723. The van der Waals surface area contributed by atoms with Crippen LogP contribution in [0.4, 0.5) is 10.5 Å². The summed E-state index contributed by atoms with van der Waals surface area (Å²) in [6.07, 6.45) is 4.91. The Morgan fingerprint density at radius 2 is 1.94 bits per heavy atom. The van der Waals surface area contributed by atoms with Crippen molar-refractivity contribution in [1.29, 1.82) is 0 Å². The van der Waals surface area contributed by atoms with Gasteiger partial charge in [-0.1, -0.05) is 22.0 Å². The van der Waals surface area contributed by atoms with Gasteiger partial charge in [0.1, 0.15) is 11.9 Å². The number of rotatable bonds is 9. The molecule has 0 fully saturated rings. The highest BCUT2D eigenvalue weighted by Gasteiger charge is 2.22. The number of ether oxygens (including phenoxy) is 1. The van der Waals surface area contributed by atoms with Gasteiger partial charge < -0.3 is 9.84 Å². The van der Waals surface area contributed by atoms with Crippen molar-refractivity contribution >= 4 is 61.3 Å². The van der Waals surface area contributed by atoms with Crippen LogP contribution in [0.15, 0.2) is 62.4 Å². The number of halogens is 2. The van der Waals surface area contributed by atoms with Crippen molar-refractivity contribution in [3.05, 3.63) is 63.1 Å². The number of aromatic hydroxyl groups is 1. The number of phenolic OH excluding ortho intramolecular Hbond substituents is 1. The summed E-state index contributed by atoms with van der Waals surface area (Å²) in [5.74, 6) is -0.631. The van der Waals surface area contributed by atoms with Gasteiger partial charge in [-0.15, -0.1) is 11.8 Å². The molecule has 0 saturated carbocycles. The van der Waals surface area contributed by atoms with Crippen molar-refractivity contribution in [3.8, 4) is 5.75 Å². The molecule has 0 radical (unpaired) electrons. The lowest BCUT2D eigenvalue weighted by atomic mass is 10.0. The number of unbranched alkanes of at least 4 members (excludes halogenated alkanes) is 1. The summed E-state index contributed by atoms with van der Waals surface area (Å²) in [7, 11) is 0. The van der Waals surface area contributed by atoms with Crippen molar-refractivity contribution in [2.75, 3.05) is 11.6 Å². The zero-order valence-electron chi connectivity index (χ0n) is 16.6. The van der Waals surface area contributed by atoms with Crippen LogP contribution in [-0.4, -0.2) is 28.6 Å². The molecule has 166 valence electrons. The van der Waals surface area contributed by atoms with Crippen LogP contribution in [0.3, 0.4) is 0 Å². The number of nitrogens with one attached hydrogen (secondary N) is 2. The molecule has 2 aromatic rings. The third kappa shape index (κ3) is 8.21. The molecule has 0 bridgehead atoms. The number of benzene rings is 2. The molecule has 0 aromatic heterocycles. The van der Waals surface area contributed by atoms with Crippen LogP contribution in [0.1, 0.15) is 30.9 Å². The van der Waals surface area contributed by atoms with Crippen LogP contribution in [0.25, 0.3) is 0 Å². The fourth-order valence-corrected chi connectivity index (χ4v) is 4.38. The Balaban J connectivity index is 2.11. The molecule has 4 N–H and O–H groups in total. The minimum absolute atomic E-state index is 0.0134. The van der Waals surface area contributed by atoms with Gasteiger partial charge >= 0.3 is 6.09 Å². The Morgan fingerprint density at radius 3 is 2.58 bits per heavy atom. The largest absolute Gasteiger partial charge is 0.506 e. The fraction of sp³-hybridized carbons (Fsp3) is 0.238. The number of carbonyl (C=O) groups is 2. The van der Waals surface area contributed by atoms with E-state index in [1.807, 2.05) is 18.4 Å². The number of hydrogen-bond donors (Lipinski definition) is 4. The highest BCUT2D eigenvalue weighted by Crippen LogP contribution is 2.38. The lowest BCUT2D eigenvalue weighted by molar-refractivity contribution is -0.124. The number of thioether (sulfide) groups is 1. The highest BCUT2D eigenvalue weighted by atomic mass is 79.9. The molecule has 0 aliphatic carbocycles. The summed E-state index contributed by atoms with van der Waals surface area (Å²) in [6.45, 7) is 0. The smallest absolute Gasteiger partial charge is 0.412 e. The summed E-state index contributed by atoms with van der Waals surface area (Å²) in [5.41, 5.74) is 2.57. The normalized spacial score (nSPS) is 11.9. The molecule has 0 spiro atoms. The quantitative estimate of drug-likeness (QED) is 0.0940. The second-order valence-electron chi connectivity index (χ2n) is 6.38. The Hall–Kier alpha value is -2.01. The molecule has 0 unspecified atom stereocenters. The first-order valence-corrected chi connectivity index (χ1v) is 12.0. The zero-order chi connectivity index (χ0) is 22.8. The van der Waals surface area contributed by atoms with Crippen LogP contribution < -0.4 is 10.8 Å². The summed E-state index contributed by atoms with van der Waals surface area (Å²) in [6, 6.07) is 10.7. The Morgan fingerprint density at radius 1 is 1.23 bits per heavy atom. The van der Waals surface area contributed by atoms with E-state index < -0.39 is 18.1 Å². The third-order valence-corrected chi connectivity index (χ3v) is 6.01. The summed E-state index contributed by atoms with van der Waals surface area (Å²) < 4.78 is 6.82. The molecule has 31 heavy (non-hydrogen) atoms. The van der Waals surface area contributed by atoms with Gasteiger partial charge in [0.05, 0.1) is 4.47 Å². The van der Waals surface area contributed by atoms with Crippen molar-refractivity contribution in [1.82, 2.24) is 5.48 Å². The van der Waals surface area contributed by atoms with E-state index in [2.05, 4.69) is 37.2 Å². The first-order chi connectivity index (χ1) is 14.8. The van der Waals surface area contributed by atoms with E-state index in [4.69, 9.17) is 9.94 Å². The van der Waals surface area contributed by atoms with Crippen LogP contribution in [0.5, 0.6) is 5.75 Å². The SMILES string of the molecule is CSc1ccc(NC(=O)O[C@@H](CCC/C=C/C(=O)NO)c2cc(Br)cc(Br)c2O)cc1. The predicted molar refractivity (Wildman–Crippen MR) is 127 cm³/mol. The number of allylic oxidation sites excluding steroid dienone is 1. The van der Waals surface area contributed by atoms with E-state index in [1.54, 1.807) is 42.1 Å². The molecule has 0 saturated heterocycles. The molecule has 1 atom stereocenters. The van der Waals surface area contributed by atoms with Gasteiger partial charge in [0.15, 0.2) is 0 Å². The monoisotopic (exact) mass is 572 g/mol. The zero-order valence-corrected chi connectivity index (χ0v) is 20.6. The maximum absolute atomic E-state index is 12.5. The molecule has 2 amide bonds. The van der Waals surface area contributed by atoms with Crippen molar-refractivity contribution in [2.24, 2.45) is 0 Å². The van der Waals surface area contributed by atoms with Gasteiger partial charge in [0.2, 0.25) is 0 Å². The van der Waals surface area contributed by atoms with Crippen molar-refractivity contribution < 1.29 is 24.6 Å². The minimum Gasteiger partial charge on any atom is -0.506 e. The molecule has 0 aliphatic heterocycles. The average molecular weight is 574 g/mol. The van der Waals surface area contributed by atoms with Crippen molar-refractivity contribution in [3.63, 3.8) is 0 Å². The van der Waals surface area contributed by atoms with E-state index in [0.717, 1.165) is 4.90 Å².